The van der Waals surface area contributed by atoms with Gasteiger partial charge in [-0.15, -0.1) is 0 Å². The number of pyridine rings is 1. The summed E-state index contributed by atoms with van der Waals surface area (Å²) >= 11 is 5.67. The molecule has 0 saturated carbocycles. The first-order valence-corrected chi connectivity index (χ1v) is 5.44. The van der Waals surface area contributed by atoms with Crippen LogP contribution in [0.15, 0.2) is 12.3 Å². The van der Waals surface area contributed by atoms with Gasteiger partial charge < -0.3 is 4.74 Å². The van der Waals surface area contributed by atoms with E-state index in [-0.39, 0.29) is 16.8 Å². The van der Waals surface area contributed by atoms with Crippen LogP contribution in [-0.2, 0) is 4.74 Å². The van der Waals surface area contributed by atoms with Gasteiger partial charge in [-0.05, 0) is 19.4 Å². The van der Waals surface area contributed by atoms with Crippen LogP contribution < -0.4 is 0 Å². The van der Waals surface area contributed by atoms with E-state index in [1.54, 1.807) is 6.92 Å². The van der Waals surface area contributed by atoms with Gasteiger partial charge in [0, 0.05) is 0 Å². The summed E-state index contributed by atoms with van der Waals surface area (Å²) in [5.41, 5.74) is -0.0374. The third-order valence-electron chi connectivity index (χ3n) is 2.03. The molecule has 1 aromatic heterocycles. The molecule has 0 aliphatic carbocycles. The quantitative estimate of drug-likeness (QED) is 0.604. The number of carbonyl (C=O) groups is 1. The van der Waals surface area contributed by atoms with Crippen LogP contribution in [0.1, 0.15) is 37.0 Å². The second-order valence-electron chi connectivity index (χ2n) is 3.50. The largest absolute Gasteiger partial charge is 0.459 e. The van der Waals surface area contributed by atoms with E-state index < -0.39 is 11.8 Å². The first-order chi connectivity index (χ1) is 7.54. The fraction of sp³-hybridized carbons (Fsp3) is 0.455. The Labute approximate surface area is 98.6 Å². The van der Waals surface area contributed by atoms with E-state index in [1.807, 2.05) is 6.92 Å². The van der Waals surface area contributed by atoms with Crippen molar-refractivity contribution in [2.75, 3.05) is 0 Å². The highest BCUT2D eigenvalue weighted by Crippen LogP contribution is 2.16. The Morgan fingerprint density at radius 1 is 1.69 bits per heavy atom. The molecule has 0 saturated heterocycles. The van der Waals surface area contributed by atoms with Crippen molar-refractivity contribution in [1.82, 2.24) is 4.98 Å². The molecule has 1 atom stereocenters. The number of halogens is 2. The molecule has 0 aliphatic rings. The van der Waals surface area contributed by atoms with Crippen molar-refractivity contribution >= 4 is 17.6 Å². The fourth-order valence-corrected chi connectivity index (χ4v) is 1.46. The van der Waals surface area contributed by atoms with Crippen LogP contribution in [0, 0.1) is 5.82 Å². The average Bonchev–Trinajstić information content (AvgIpc) is 2.21. The van der Waals surface area contributed by atoms with Gasteiger partial charge in [-0.25, -0.2) is 14.2 Å². The zero-order chi connectivity index (χ0) is 12.1. The number of esters is 1. The molecule has 1 unspecified atom stereocenters. The van der Waals surface area contributed by atoms with Gasteiger partial charge in [0.2, 0.25) is 0 Å². The second-order valence-corrected chi connectivity index (χ2v) is 3.85. The van der Waals surface area contributed by atoms with Gasteiger partial charge in [-0.2, -0.15) is 0 Å². The average molecular weight is 246 g/mol. The summed E-state index contributed by atoms with van der Waals surface area (Å²) in [5.74, 6) is -1.25. The van der Waals surface area contributed by atoms with Gasteiger partial charge in [0.25, 0.3) is 0 Å². The van der Waals surface area contributed by atoms with Gasteiger partial charge in [0.05, 0.1) is 17.9 Å². The van der Waals surface area contributed by atoms with Gasteiger partial charge in [0.15, 0.2) is 0 Å². The first-order valence-electron chi connectivity index (χ1n) is 5.06. The summed E-state index contributed by atoms with van der Waals surface area (Å²) < 4.78 is 17.9. The molecular weight excluding hydrogens is 233 g/mol. The third kappa shape index (κ3) is 3.45. The number of carbonyl (C=O) groups excluding carboxylic acids is 1. The van der Waals surface area contributed by atoms with Crippen molar-refractivity contribution in [1.29, 1.82) is 0 Å². The molecule has 16 heavy (non-hydrogen) atoms. The minimum absolute atomic E-state index is 0.0374. The molecular formula is C11H13ClFNO2. The third-order valence-corrected chi connectivity index (χ3v) is 2.33. The molecule has 1 heterocycles. The van der Waals surface area contributed by atoms with Crippen LogP contribution in [-0.4, -0.2) is 17.1 Å². The SMILES string of the molecule is CCCC(C)OC(=O)c1cc(F)cnc1Cl. The lowest BCUT2D eigenvalue weighted by molar-refractivity contribution is 0.0322. The van der Waals surface area contributed by atoms with Crippen LogP contribution in [0.2, 0.25) is 5.15 Å². The van der Waals surface area contributed by atoms with Crippen LogP contribution in [0.5, 0.6) is 0 Å². The Morgan fingerprint density at radius 3 is 3.00 bits per heavy atom. The molecule has 1 rings (SSSR count). The maximum atomic E-state index is 12.9. The molecule has 0 radical (unpaired) electrons. The highest BCUT2D eigenvalue weighted by molar-refractivity contribution is 6.32. The molecule has 0 aromatic carbocycles. The Hall–Kier alpha value is -1.16. The normalized spacial score (nSPS) is 12.2. The zero-order valence-corrected chi connectivity index (χ0v) is 9.92. The van der Waals surface area contributed by atoms with Crippen LogP contribution in [0.3, 0.4) is 0 Å². The maximum Gasteiger partial charge on any atom is 0.341 e. The number of hydrogen-bond donors (Lipinski definition) is 0. The van der Waals surface area contributed by atoms with Crippen molar-refractivity contribution < 1.29 is 13.9 Å². The number of ether oxygens (including phenoxy) is 1. The fourth-order valence-electron chi connectivity index (χ4n) is 1.28. The van der Waals surface area contributed by atoms with E-state index in [0.29, 0.717) is 0 Å². The van der Waals surface area contributed by atoms with E-state index in [9.17, 15) is 9.18 Å². The topological polar surface area (TPSA) is 39.2 Å². The van der Waals surface area contributed by atoms with Gasteiger partial charge in [0.1, 0.15) is 11.0 Å². The number of hydrogen-bond acceptors (Lipinski definition) is 3. The van der Waals surface area contributed by atoms with Gasteiger partial charge in [-0.1, -0.05) is 24.9 Å². The molecule has 88 valence electrons. The summed E-state index contributed by atoms with van der Waals surface area (Å²) in [5, 5.41) is -0.0462. The van der Waals surface area contributed by atoms with E-state index >= 15 is 0 Å². The molecule has 1 aromatic rings. The molecule has 0 spiro atoms. The predicted octanol–water partition coefficient (Wildman–Crippen LogP) is 3.22. The first kappa shape index (κ1) is 12.9. The Bertz CT molecular complexity index is 384. The van der Waals surface area contributed by atoms with E-state index in [1.165, 1.54) is 0 Å². The minimum atomic E-state index is -0.641. The lowest BCUT2D eigenvalue weighted by Gasteiger charge is -2.12. The predicted molar refractivity (Wildman–Crippen MR) is 59.0 cm³/mol. The molecule has 0 bridgehead atoms. The summed E-state index contributed by atoms with van der Waals surface area (Å²) in [4.78, 5) is 15.1. The maximum absolute atomic E-state index is 12.9. The van der Waals surface area contributed by atoms with Crippen molar-refractivity contribution in [2.24, 2.45) is 0 Å². The molecule has 0 aliphatic heterocycles. The lowest BCUT2D eigenvalue weighted by Crippen LogP contribution is -2.15. The van der Waals surface area contributed by atoms with Crippen LogP contribution >= 0.6 is 11.6 Å². The summed E-state index contributed by atoms with van der Waals surface area (Å²) in [6.07, 6.45) is 2.40. The van der Waals surface area contributed by atoms with Gasteiger partial charge in [-0.3, -0.25) is 0 Å². The standard InChI is InChI=1S/C11H13ClFNO2/c1-3-4-7(2)16-11(15)9-5-8(13)6-14-10(9)12/h5-7H,3-4H2,1-2H3. The van der Waals surface area contributed by atoms with Crippen molar-refractivity contribution in [3.8, 4) is 0 Å². The second kappa shape index (κ2) is 5.80. The molecule has 3 nitrogen and oxygen atoms in total. The number of nitrogens with zero attached hydrogens (tertiary/aromatic N) is 1. The monoisotopic (exact) mass is 245 g/mol. The minimum Gasteiger partial charge on any atom is -0.459 e. The highest BCUT2D eigenvalue weighted by Gasteiger charge is 2.16. The summed E-state index contributed by atoms with van der Waals surface area (Å²) in [7, 11) is 0. The lowest BCUT2D eigenvalue weighted by atomic mass is 10.2. The van der Waals surface area contributed by atoms with E-state index in [4.69, 9.17) is 16.3 Å². The van der Waals surface area contributed by atoms with E-state index in [2.05, 4.69) is 4.98 Å². The Kier molecular flexibility index (Phi) is 4.68. The molecule has 5 heteroatoms. The molecule has 0 amide bonds. The zero-order valence-electron chi connectivity index (χ0n) is 9.17. The van der Waals surface area contributed by atoms with Gasteiger partial charge >= 0.3 is 5.97 Å². The summed E-state index contributed by atoms with van der Waals surface area (Å²) in [6.45, 7) is 3.77. The Morgan fingerprint density at radius 2 is 2.38 bits per heavy atom. The van der Waals surface area contributed by atoms with Crippen molar-refractivity contribution in [2.45, 2.75) is 32.8 Å². The van der Waals surface area contributed by atoms with Crippen LogP contribution in [0.4, 0.5) is 4.39 Å². The van der Waals surface area contributed by atoms with Crippen LogP contribution in [0.25, 0.3) is 0 Å². The molecule has 0 N–H and O–H groups in total. The smallest absolute Gasteiger partial charge is 0.341 e. The summed E-state index contributed by atoms with van der Waals surface area (Å²) in [6, 6.07) is 1.02. The number of aromatic nitrogens is 1. The Balaban J connectivity index is 2.76. The van der Waals surface area contributed by atoms with E-state index in [0.717, 1.165) is 25.1 Å². The highest BCUT2D eigenvalue weighted by atomic mass is 35.5. The van der Waals surface area contributed by atoms with Crippen molar-refractivity contribution in [3.63, 3.8) is 0 Å². The number of rotatable bonds is 4. The molecule has 0 fully saturated rings. The van der Waals surface area contributed by atoms with Crippen molar-refractivity contribution in [3.05, 3.63) is 28.8 Å².